The highest BCUT2D eigenvalue weighted by Crippen LogP contribution is 2.05. The first-order valence-electron chi connectivity index (χ1n) is 6.53. The molecule has 1 heterocycles. The summed E-state index contributed by atoms with van der Waals surface area (Å²) < 4.78 is 4.75. The molecule has 1 atom stereocenters. The topological polar surface area (TPSA) is 68.3 Å². The van der Waals surface area contributed by atoms with Crippen molar-refractivity contribution >= 4 is 11.9 Å². The summed E-state index contributed by atoms with van der Waals surface area (Å²) in [6, 6.07) is 11.6. The van der Waals surface area contributed by atoms with Crippen LogP contribution in [-0.4, -0.2) is 30.0 Å². The first kappa shape index (κ1) is 14.7. The Hall–Kier alpha value is -2.69. The normalized spacial score (nSPS) is 11.5. The van der Waals surface area contributed by atoms with Gasteiger partial charge in [0.15, 0.2) is 0 Å². The quantitative estimate of drug-likeness (QED) is 0.847. The minimum Gasteiger partial charge on any atom is -0.467 e. The minimum absolute atomic E-state index is 0.306. The number of rotatable bonds is 5. The van der Waals surface area contributed by atoms with Crippen molar-refractivity contribution < 1.29 is 14.3 Å². The maximum absolute atomic E-state index is 12.1. The van der Waals surface area contributed by atoms with Gasteiger partial charge in [-0.25, -0.2) is 4.79 Å². The van der Waals surface area contributed by atoms with Gasteiger partial charge in [0.2, 0.25) is 0 Å². The van der Waals surface area contributed by atoms with Crippen molar-refractivity contribution in [3.63, 3.8) is 0 Å². The van der Waals surface area contributed by atoms with E-state index in [-0.39, 0.29) is 5.91 Å². The molecule has 1 N–H and O–H groups in total. The van der Waals surface area contributed by atoms with Crippen LogP contribution >= 0.6 is 0 Å². The second-order valence-corrected chi connectivity index (χ2v) is 4.47. The fourth-order valence-electron chi connectivity index (χ4n) is 1.92. The lowest BCUT2D eigenvalue weighted by molar-refractivity contribution is -0.142. The average Bonchev–Trinajstić information content (AvgIpc) is 2.55. The van der Waals surface area contributed by atoms with Crippen LogP contribution in [0.1, 0.15) is 15.9 Å². The van der Waals surface area contributed by atoms with E-state index < -0.39 is 12.0 Å². The third-order valence-corrected chi connectivity index (χ3v) is 3.02. The number of ether oxygens (including phenoxy) is 1. The molecule has 0 spiro atoms. The SMILES string of the molecule is COC(=O)[C@H](Cc1ccncc1)NC(=O)c1ccccc1. The van der Waals surface area contributed by atoms with Crippen LogP contribution in [-0.2, 0) is 16.0 Å². The third kappa shape index (κ3) is 4.14. The third-order valence-electron chi connectivity index (χ3n) is 3.02. The highest BCUT2D eigenvalue weighted by atomic mass is 16.5. The number of carbonyl (C=O) groups is 2. The van der Waals surface area contributed by atoms with E-state index in [4.69, 9.17) is 4.74 Å². The van der Waals surface area contributed by atoms with Crippen LogP contribution in [0.15, 0.2) is 54.9 Å². The monoisotopic (exact) mass is 284 g/mol. The van der Waals surface area contributed by atoms with E-state index in [1.807, 2.05) is 6.07 Å². The van der Waals surface area contributed by atoms with Gasteiger partial charge in [-0.3, -0.25) is 9.78 Å². The summed E-state index contributed by atoms with van der Waals surface area (Å²) in [5.41, 5.74) is 1.40. The molecule has 21 heavy (non-hydrogen) atoms. The van der Waals surface area contributed by atoms with Crippen LogP contribution in [0.3, 0.4) is 0 Å². The van der Waals surface area contributed by atoms with Gasteiger partial charge in [0, 0.05) is 24.4 Å². The lowest BCUT2D eigenvalue weighted by Crippen LogP contribution is -2.43. The number of nitrogens with zero attached hydrogens (tertiary/aromatic N) is 1. The van der Waals surface area contributed by atoms with Crippen LogP contribution in [0.25, 0.3) is 0 Å². The first-order chi connectivity index (χ1) is 10.2. The van der Waals surface area contributed by atoms with Crippen LogP contribution in [0, 0.1) is 0 Å². The number of esters is 1. The van der Waals surface area contributed by atoms with Crippen molar-refractivity contribution in [1.82, 2.24) is 10.3 Å². The molecule has 0 bridgehead atoms. The van der Waals surface area contributed by atoms with E-state index in [2.05, 4.69) is 10.3 Å². The number of pyridine rings is 1. The summed E-state index contributed by atoms with van der Waals surface area (Å²) in [5, 5.41) is 2.70. The molecule has 2 rings (SSSR count). The summed E-state index contributed by atoms with van der Waals surface area (Å²) in [6.45, 7) is 0. The second kappa shape index (κ2) is 7.19. The molecule has 5 nitrogen and oxygen atoms in total. The summed E-state index contributed by atoms with van der Waals surface area (Å²) in [5.74, 6) is -0.781. The number of methoxy groups -OCH3 is 1. The Morgan fingerprint density at radius 2 is 1.81 bits per heavy atom. The predicted octanol–water partition coefficient (Wildman–Crippen LogP) is 1.60. The Bertz CT molecular complexity index is 599. The van der Waals surface area contributed by atoms with E-state index in [0.717, 1.165) is 5.56 Å². The summed E-state index contributed by atoms with van der Waals surface area (Å²) in [7, 11) is 1.30. The molecule has 0 aliphatic rings. The van der Waals surface area contributed by atoms with E-state index >= 15 is 0 Å². The lowest BCUT2D eigenvalue weighted by Gasteiger charge is -2.16. The lowest BCUT2D eigenvalue weighted by atomic mass is 10.1. The van der Waals surface area contributed by atoms with Gasteiger partial charge < -0.3 is 10.1 Å². The van der Waals surface area contributed by atoms with Gasteiger partial charge >= 0.3 is 5.97 Å². The molecule has 5 heteroatoms. The Morgan fingerprint density at radius 1 is 1.14 bits per heavy atom. The highest BCUT2D eigenvalue weighted by molar-refractivity contribution is 5.96. The molecular weight excluding hydrogens is 268 g/mol. The fourth-order valence-corrected chi connectivity index (χ4v) is 1.92. The Morgan fingerprint density at radius 3 is 2.43 bits per heavy atom. The van der Waals surface area contributed by atoms with Gasteiger partial charge in [0.05, 0.1) is 7.11 Å². The van der Waals surface area contributed by atoms with Crippen LogP contribution in [0.4, 0.5) is 0 Å². The molecular formula is C16H16N2O3. The minimum atomic E-state index is -0.731. The number of hydrogen-bond acceptors (Lipinski definition) is 4. The zero-order valence-electron chi connectivity index (χ0n) is 11.7. The zero-order valence-corrected chi connectivity index (χ0v) is 11.7. The molecule has 0 aliphatic heterocycles. The van der Waals surface area contributed by atoms with Gasteiger partial charge in [0.1, 0.15) is 6.04 Å². The zero-order chi connectivity index (χ0) is 15.1. The second-order valence-electron chi connectivity index (χ2n) is 4.47. The number of nitrogens with one attached hydrogen (secondary N) is 1. The van der Waals surface area contributed by atoms with Crippen molar-refractivity contribution in [2.45, 2.75) is 12.5 Å². The van der Waals surface area contributed by atoms with E-state index in [1.165, 1.54) is 7.11 Å². The van der Waals surface area contributed by atoms with E-state index in [1.54, 1.807) is 48.8 Å². The molecule has 0 unspecified atom stereocenters. The molecule has 0 fully saturated rings. The van der Waals surface area contributed by atoms with E-state index in [9.17, 15) is 9.59 Å². The molecule has 2 aromatic rings. The number of carbonyl (C=O) groups excluding carboxylic acids is 2. The predicted molar refractivity (Wildman–Crippen MR) is 77.7 cm³/mol. The van der Waals surface area contributed by atoms with Crippen molar-refractivity contribution in [3.05, 3.63) is 66.0 Å². The van der Waals surface area contributed by atoms with Gasteiger partial charge in [-0.2, -0.15) is 0 Å². The van der Waals surface area contributed by atoms with E-state index in [0.29, 0.717) is 12.0 Å². The molecule has 1 aromatic heterocycles. The fraction of sp³-hybridized carbons (Fsp3) is 0.188. The maximum Gasteiger partial charge on any atom is 0.328 e. The smallest absolute Gasteiger partial charge is 0.328 e. The number of aromatic nitrogens is 1. The van der Waals surface area contributed by atoms with Crippen molar-refractivity contribution in [3.8, 4) is 0 Å². The number of amides is 1. The van der Waals surface area contributed by atoms with Crippen LogP contribution in [0.2, 0.25) is 0 Å². The Kier molecular flexibility index (Phi) is 5.04. The molecule has 0 radical (unpaired) electrons. The molecule has 0 saturated carbocycles. The highest BCUT2D eigenvalue weighted by Gasteiger charge is 2.22. The van der Waals surface area contributed by atoms with Gasteiger partial charge in [-0.05, 0) is 29.8 Å². The Labute approximate surface area is 123 Å². The van der Waals surface area contributed by atoms with Gasteiger partial charge in [-0.15, -0.1) is 0 Å². The summed E-state index contributed by atoms with van der Waals surface area (Å²) in [6.07, 6.45) is 3.64. The first-order valence-corrected chi connectivity index (χ1v) is 6.53. The molecule has 108 valence electrons. The largest absolute Gasteiger partial charge is 0.467 e. The molecule has 1 amide bonds. The van der Waals surface area contributed by atoms with Crippen molar-refractivity contribution in [2.75, 3.05) is 7.11 Å². The standard InChI is InChI=1S/C16H16N2O3/c1-21-16(20)14(11-12-7-9-17-10-8-12)18-15(19)13-5-3-2-4-6-13/h2-10,14H,11H2,1H3,(H,18,19)/t14-/m0/s1. The summed E-state index contributed by atoms with van der Waals surface area (Å²) >= 11 is 0. The van der Waals surface area contributed by atoms with Gasteiger partial charge in [0.25, 0.3) is 5.91 Å². The van der Waals surface area contributed by atoms with Crippen molar-refractivity contribution in [2.24, 2.45) is 0 Å². The van der Waals surface area contributed by atoms with Crippen LogP contribution in [0.5, 0.6) is 0 Å². The summed E-state index contributed by atoms with van der Waals surface area (Å²) in [4.78, 5) is 27.9. The molecule has 0 saturated heterocycles. The maximum atomic E-state index is 12.1. The number of hydrogen-bond donors (Lipinski definition) is 1. The molecule has 0 aliphatic carbocycles. The molecule has 1 aromatic carbocycles. The van der Waals surface area contributed by atoms with Gasteiger partial charge in [-0.1, -0.05) is 18.2 Å². The van der Waals surface area contributed by atoms with Crippen LogP contribution < -0.4 is 5.32 Å². The van der Waals surface area contributed by atoms with Crippen molar-refractivity contribution in [1.29, 1.82) is 0 Å². The number of benzene rings is 1. The Balaban J connectivity index is 2.10. The average molecular weight is 284 g/mol.